The molecule has 1 N–H and O–H groups in total. The van der Waals surface area contributed by atoms with E-state index in [2.05, 4.69) is 69.9 Å². The van der Waals surface area contributed by atoms with Crippen molar-refractivity contribution in [2.75, 3.05) is 0 Å². The largest absolute Gasteiger partial charge is 0.340 e. The van der Waals surface area contributed by atoms with Gasteiger partial charge in [0, 0.05) is 16.8 Å². The molecule has 0 aliphatic carbocycles. The van der Waals surface area contributed by atoms with Crippen LogP contribution in [0, 0.1) is 20.8 Å². The zero-order valence-electron chi connectivity index (χ0n) is 13.7. The Balaban J connectivity index is 2.10. The SMILES string of the molecule is C=C1NC(c2cc(C)c(C)c(C)c2)=Nc2ccc(CC)cc21. The molecule has 0 saturated carbocycles. The summed E-state index contributed by atoms with van der Waals surface area (Å²) in [6.45, 7) is 12.8. The summed E-state index contributed by atoms with van der Waals surface area (Å²) in [6, 6.07) is 10.8. The molecular formula is C20H22N2. The molecule has 0 amide bonds. The van der Waals surface area contributed by atoms with Crippen molar-refractivity contribution < 1.29 is 0 Å². The van der Waals surface area contributed by atoms with Gasteiger partial charge in [0.15, 0.2) is 0 Å². The van der Waals surface area contributed by atoms with Crippen LogP contribution in [0.5, 0.6) is 0 Å². The maximum atomic E-state index is 4.80. The van der Waals surface area contributed by atoms with E-state index in [1.165, 1.54) is 22.3 Å². The number of hydrogen-bond acceptors (Lipinski definition) is 2. The molecule has 0 bridgehead atoms. The Bertz CT molecular complexity index is 774. The number of amidine groups is 1. The van der Waals surface area contributed by atoms with Crippen molar-refractivity contribution in [3.8, 4) is 0 Å². The van der Waals surface area contributed by atoms with Crippen molar-refractivity contribution in [1.82, 2.24) is 5.32 Å². The first-order chi connectivity index (χ1) is 10.5. The summed E-state index contributed by atoms with van der Waals surface area (Å²) >= 11 is 0. The third-order valence-electron chi connectivity index (χ3n) is 4.50. The fraction of sp³-hybridized carbons (Fsp3) is 0.250. The molecule has 22 heavy (non-hydrogen) atoms. The minimum atomic E-state index is 0.882. The summed E-state index contributed by atoms with van der Waals surface area (Å²) in [5.74, 6) is 0.882. The second-order valence-corrected chi connectivity index (χ2v) is 6.00. The lowest BCUT2D eigenvalue weighted by Gasteiger charge is -2.21. The van der Waals surface area contributed by atoms with Crippen LogP contribution in [0.2, 0.25) is 0 Å². The van der Waals surface area contributed by atoms with E-state index < -0.39 is 0 Å². The third kappa shape index (κ3) is 2.45. The Morgan fingerprint density at radius 2 is 1.73 bits per heavy atom. The first kappa shape index (κ1) is 14.6. The summed E-state index contributed by atoms with van der Waals surface area (Å²) < 4.78 is 0. The molecule has 0 unspecified atom stereocenters. The molecule has 1 aliphatic rings. The van der Waals surface area contributed by atoms with Gasteiger partial charge in [-0.2, -0.15) is 0 Å². The van der Waals surface area contributed by atoms with Gasteiger partial charge in [-0.25, -0.2) is 4.99 Å². The van der Waals surface area contributed by atoms with Gasteiger partial charge in [-0.05, 0) is 73.7 Å². The molecule has 2 nitrogen and oxygen atoms in total. The van der Waals surface area contributed by atoms with Gasteiger partial charge in [0.05, 0.1) is 5.69 Å². The molecule has 2 heteroatoms. The maximum absolute atomic E-state index is 4.80. The number of aliphatic imine (C=N–C) groups is 1. The van der Waals surface area contributed by atoms with Crippen LogP contribution in [0.3, 0.4) is 0 Å². The number of benzene rings is 2. The molecule has 0 atom stereocenters. The van der Waals surface area contributed by atoms with Gasteiger partial charge in [-0.1, -0.05) is 19.6 Å². The quantitative estimate of drug-likeness (QED) is 0.842. The van der Waals surface area contributed by atoms with Gasteiger partial charge in [-0.15, -0.1) is 0 Å². The number of nitrogens with one attached hydrogen (secondary N) is 1. The molecule has 0 radical (unpaired) electrons. The molecule has 1 aliphatic heterocycles. The Morgan fingerprint density at radius 3 is 2.36 bits per heavy atom. The van der Waals surface area contributed by atoms with Crippen LogP contribution in [0.4, 0.5) is 5.69 Å². The second kappa shape index (κ2) is 5.45. The van der Waals surface area contributed by atoms with E-state index >= 15 is 0 Å². The number of hydrogen-bond donors (Lipinski definition) is 1. The molecule has 2 aromatic rings. The second-order valence-electron chi connectivity index (χ2n) is 6.00. The van der Waals surface area contributed by atoms with Crippen LogP contribution in [0.1, 0.15) is 40.3 Å². The predicted molar refractivity (Wildman–Crippen MR) is 94.8 cm³/mol. The monoisotopic (exact) mass is 290 g/mol. The van der Waals surface area contributed by atoms with E-state index in [-0.39, 0.29) is 0 Å². The van der Waals surface area contributed by atoms with E-state index in [9.17, 15) is 0 Å². The summed E-state index contributed by atoms with van der Waals surface area (Å²) in [5.41, 5.74) is 9.36. The highest BCUT2D eigenvalue weighted by atomic mass is 15.0. The highest BCUT2D eigenvalue weighted by Crippen LogP contribution is 2.30. The lowest BCUT2D eigenvalue weighted by molar-refractivity contribution is 1.12. The molecule has 0 fully saturated rings. The lowest BCUT2D eigenvalue weighted by atomic mass is 9.98. The molecule has 0 saturated heterocycles. The summed E-state index contributed by atoms with van der Waals surface area (Å²) in [5, 5.41) is 3.37. The number of aryl methyl sites for hydroxylation is 3. The molecule has 3 rings (SSSR count). The van der Waals surface area contributed by atoms with Crippen LogP contribution in [0.25, 0.3) is 5.70 Å². The van der Waals surface area contributed by atoms with Crippen LogP contribution in [-0.2, 0) is 6.42 Å². The molecular weight excluding hydrogens is 268 g/mol. The normalized spacial score (nSPS) is 13.5. The van der Waals surface area contributed by atoms with Crippen LogP contribution in [-0.4, -0.2) is 5.84 Å². The van der Waals surface area contributed by atoms with Gasteiger partial charge in [0.25, 0.3) is 0 Å². The third-order valence-corrected chi connectivity index (χ3v) is 4.50. The number of nitrogens with zero attached hydrogens (tertiary/aromatic N) is 1. The van der Waals surface area contributed by atoms with Crippen LogP contribution >= 0.6 is 0 Å². The van der Waals surface area contributed by atoms with E-state index in [0.29, 0.717) is 0 Å². The van der Waals surface area contributed by atoms with E-state index in [1.807, 2.05) is 0 Å². The van der Waals surface area contributed by atoms with Crippen molar-refractivity contribution in [3.63, 3.8) is 0 Å². The van der Waals surface area contributed by atoms with Crippen LogP contribution < -0.4 is 5.32 Å². The smallest absolute Gasteiger partial charge is 0.138 e. The van der Waals surface area contributed by atoms with Gasteiger partial charge in [0.1, 0.15) is 5.84 Å². The number of rotatable bonds is 2. The van der Waals surface area contributed by atoms with Crippen LogP contribution in [0.15, 0.2) is 41.9 Å². The van der Waals surface area contributed by atoms with Crippen molar-refractivity contribution in [2.45, 2.75) is 34.1 Å². The Hall–Kier alpha value is -2.35. The highest BCUT2D eigenvalue weighted by Gasteiger charge is 2.17. The van der Waals surface area contributed by atoms with E-state index in [0.717, 1.165) is 34.8 Å². The van der Waals surface area contributed by atoms with E-state index in [1.54, 1.807) is 0 Å². The molecule has 0 aromatic heterocycles. The van der Waals surface area contributed by atoms with Gasteiger partial charge >= 0.3 is 0 Å². The van der Waals surface area contributed by atoms with Crippen molar-refractivity contribution >= 4 is 17.2 Å². The Kier molecular flexibility index (Phi) is 3.61. The van der Waals surface area contributed by atoms with Crippen molar-refractivity contribution in [2.24, 2.45) is 4.99 Å². The fourth-order valence-corrected chi connectivity index (χ4v) is 2.81. The molecule has 2 aromatic carbocycles. The van der Waals surface area contributed by atoms with E-state index in [4.69, 9.17) is 4.99 Å². The van der Waals surface area contributed by atoms with Crippen molar-refractivity contribution in [1.29, 1.82) is 0 Å². The molecule has 0 spiro atoms. The Morgan fingerprint density at radius 1 is 1.05 bits per heavy atom. The lowest BCUT2D eigenvalue weighted by Crippen LogP contribution is -2.25. The predicted octanol–water partition coefficient (Wildman–Crippen LogP) is 4.83. The standard InChI is InChI=1S/C20H22N2/c1-6-16-7-8-19-18(11-16)15(5)21-20(22-19)17-9-12(2)14(4)13(3)10-17/h7-11H,5-6H2,1-4H3,(H,21,22). The first-order valence-corrected chi connectivity index (χ1v) is 7.75. The highest BCUT2D eigenvalue weighted by molar-refractivity contribution is 6.08. The minimum Gasteiger partial charge on any atom is -0.340 e. The average Bonchev–Trinajstić information content (AvgIpc) is 2.51. The maximum Gasteiger partial charge on any atom is 0.138 e. The van der Waals surface area contributed by atoms with Gasteiger partial charge < -0.3 is 5.32 Å². The Labute approximate surface area is 132 Å². The fourth-order valence-electron chi connectivity index (χ4n) is 2.81. The zero-order chi connectivity index (χ0) is 15.9. The minimum absolute atomic E-state index is 0.882. The number of fused-ring (bicyclic) bond motifs is 1. The first-order valence-electron chi connectivity index (χ1n) is 7.75. The average molecular weight is 290 g/mol. The van der Waals surface area contributed by atoms with Crippen molar-refractivity contribution in [3.05, 3.63) is 70.3 Å². The van der Waals surface area contributed by atoms with Gasteiger partial charge in [0.2, 0.25) is 0 Å². The molecule has 1 heterocycles. The summed E-state index contributed by atoms with van der Waals surface area (Å²) in [7, 11) is 0. The van der Waals surface area contributed by atoms with Gasteiger partial charge in [-0.3, -0.25) is 0 Å². The summed E-state index contributed by atoms with van der Waals surface area (Å²) in [6.07, 6.45) is 1.02. The topological polar surface area (TPSA) is 24.4 Å². The zero-order valence-corrected chi connectivity index (χ0v) is 13.7. The summed E-state index contributed by atoms with van der Waals surface area (Å²) in [4.78, 5) is 4.80. The molecule has 112 valence electrons.